The molecule has 0 aliphatic heterocycles. The Bertz CT molecular complexity index is 1440. The summed E-state index contributed by atoms with van der Waals surface area (Å²) in [5.74, 6) is -5.07. The number of hydrogen-bond donors (Lipinski definition) is 3. The van der Waals surface area contributed by atoms with Gasteiger partial charge in [0.25, 0.3) is 5.69 Å². The van der Waals surface area contributed by atoms with Crippen LogP contribution in [0.15, 0.2) is 72.8 Å². The molecule has 208 valence electrons. The van der Waals surface area contributed by atoms with Gasteiger partial charge in [0.15, 0.2) is 0 Å². The van der Waals surface area contributed by atoms with E-state index in [1.54, 1.807) is 48.5 Å². The zero-order valence-electron chi connectivity index (χ0n) is 22.1. The summed E-state index contributed by atoms with van der Waals surface area (Å²) in [6, 6.07) is 18.6. The first-order chi connectivity index (χ1) is 19.1. The highest BCUT2D eigenvalue weighted by Gasteiger charge is 2.56. The van der Waals surface area contributed by atoms with Gasteiger partial charge in [-0.15, -0.1) is 0 Å². The molecule has 4 atom stereocenters. The van der Waals surface area contributed by atoms with Crippen LogP contribution in [0.3, 0.4) is 0 Å². The molecule has 0 spiro atoms. The average Bonchev–Trinajstić information content (AvgIpc) is 2.92. The number of amides is 2. The molecule has 11 heteroatoms. The number of carbonyl (C=O) groups excluding carboxylic acids is 3. The van der Waals surface area contributed by atoms with Crippen molar-refractivity contribution < 1.29 is 33.9 Å². The molecule has 1 saturated carbocycles. The van der Waals surface area contributed by atoms with E-state index < -0.39 is 52.3 Å². The molecule has 3 aromatic rings. The minimum Gasteiger partial charge on any atom is -0.495 e. The van der Waals surface area contributed by atoms with Crippen LogP contribution in [0.2, 0.25) is 0 Å². The van der Waals surface area contributed by atoms with E-state index in [0.717, 1.165) is 0 Å². The number of Topliss-reactive ketones (excluding diaryl/α,β-unsaturated/α-hetero) is 1. The summed E-state index contributed by atoms with van der Waals surface area (Å²) < 4.78 is 10.6. The summed E-state index contributed by atoms with van der Waals surface area (Å²) in [6.07, 6.45) is -0.468. The van der Waals surface area contributed by atoms with Gasteiger partial charge in [-0.05, 0) is 36.8 Å². The van der Waals surface area contributed by atoms with Crippen molar-refractivity contribution in [1.29, 1.82) is 0 Å². The first-order valence-electron chi connectivity index (χ1n) is 12.4. The Hall–Kier alpha value is -4.77. The molecular weight excluding hydrogens is 518 g/mol. The first kappa shape index (κ1) is 28.2. The fourth-order valence-corrected chi connectivity index (χ4v) is 5.23. The Morgan fingerprint density at radius 2 is 1.40 bits per heavy atom. The Balaban J connectivity index is 1.80. The maximum atomic E-state index is 13.8. The van der Waals surface area contributed by atoms with Crippen LogP contribution in [0.5, 0.6) is 11.5 Å². The van der Waals surface area contributed by atoms with Gasteiger partial charge in [0.1, 0.15) is 23.2 Å². The van der Waals surface area contributed by atoms with Crippen LogP contribution in [0, 0.1) is 22.0 Å². The topological polar surface area (TPSA) is 157 Å². The quantitative estimate of drug-likeness (QED) is 0.218. The first-order valence-corrected chi connectivity index (χ1v) is 12.4. The summed E-state index contributed by atoms with van der Waals surface area (Å²) in [4.78, 5) is 51.7. The lowest BCUT2D eigenvalue weighted by Crippen LogP contribution is -2.56. The molecule has 0 saturated heterocycles. The Kier molecular flexibility index (Phi) is 8.15. The van der Waals surface area contributed by atoms with E-state index in [9.17, 15) is 29.6 Å². The highest BCUT2D eigenvalue weighted by molar-refractivity contribution is 6.11. The number of nitro benzene ring substituents is 1. The Labute approximate surface area is 230 Å². The monoisotopic (exact) mass is 547 g/mol. The van der Waals surface area contributed by atoms with Crippen LogP contribution in [-0.2, 0) is 14.4 Å². The summed E-state index contributed by atoms with van der Waals surface area (Å²) in [5.41, 5.74) is -1.10. The normalized spacial score (nSPS) is 22.2. The number of hydrogen-bond acceptors (Lipinski definition) is 8. The van der Waals surface area contributed by atoms with Gasteiger partial charge in [-0.3, -0.25) is 24.5 Å². The SMILES string of the molecule is COc1ccccc1NC(=O)[C@@H]1C(=O)C[C@](C)(O)[C@H](C(=O)Nc2ccccc2OC)[C@H]1c1ccc([N+](=O)[O-])cc1. The van der Waals surface area contributed by atoms with E-state index >= 15 is 0 Å². The number of rotatable bonds is 8. The molecule has 0 unspecified atom stereocenters. The number of non-ortho nitro benzene ring substituents is 1. The number of ether oxygens (including phenoxy) is 2. The van der Waals surface area contributed by atoms with Gasteiger partial charge >= 0.3 is 0 Å². The van der Waals surface area contributed by atoms with Gasteiger partial charge < -0.3 is 25.2 Å². The van der Waals surface area contributed by atoms with Gasteiger partial charge in [-0.2, -0.15) is 0 Å². The number of ketones is 1. The zero-order chi connectivity index (χ0) is 29.0. The van der Waals surface area contributed by atoms with E-state index in [1.165, 1.54) is 45.4 Å². The molecule has 1 aliphatic rings. The average molecular weight is 548 g/mol. The number of aliphatic hydroxyl groups is 1. The van der Waals surface area contributed by atoms with Crippen molar-refractivity contribution in [2.45, 2.75) is 24.9 Å². The molecule has 1 fully saturated rings. The van der Waals surface area contributed by atoms with Gasteiger partial charge in [0.05, 0.1) is 42.0 Å². The summed E-state index contributed by atoms with van der Waals surface area (Å²) >= 11 is 0. The number of nitrogens with zero attached hydrogens (tertiary/aromatic N) is 1. The van der Waals surface area contributed by atoms with Crippen molar-refractivity contribution in [2.24, 2.45) is 11.8 Å². The van der Waals surface area contributed by atoms with E-state index in [4.69, 9.17) is 9.47 Å². The third-order valence-electron chi connectivity index (χ3n) is 7.05. The number of methoxy groups -OCH3 is 2. The fourth-order valence-electron chi connectivity index (χ4n) is 5.23. The molecule has 3 aromatic carbocycles. The standard InChI is InChI=1S/C29H29N3O8/c1-29(36)16-21(33)25(27(34)30-19-8-4-6-10-22(19)39-2)24(17-12-14-18(15-13-17)32(37)38)26(29)28(35)31-20-9-5-7-11-23(20)40-3/h4-15,24-26,36H,16H2,1-3H3,(H,30,34)(H,31,35)/t24-,25+,26-,29-/m0/s1. The van der Waals surface area contributed by atoms with Crippen molar-refractivity contribution in [3.05, 3.63) is 88.5 Å². The van der Waals surface area contributed by atoms with E-state index in [-0.39, 0.29) is 5.69 Å². The van der Waals surface area contributed by atoms with E-state index in [1.807, 2.05) is 0 Å². The van der Waals surface area contributed by atoms with Crippen molar-refractivity contribution in [3.63, 3.8) is 0 Å². The molecule has 0 aromatic heterocycles. The Morgan fingerprint density at radius 1 is 0.900 bits per heavy atom. The molecular formula is C29H29N3O8. The van der Waals surface area contributed by atoms with Crippen LogP contribution in [0.4, 0.5) is 17.1 Å². The second-order valence-corrected chi connectivity index (χ2v) is 9.71. The maximum Gasteiger partial charge on any atom is 0.269 e. The smallest absolute Gasteiger partial charge is 0.269 e. The summed E-state index contributed by atoms with van der Waals surface area (Å²) in [7, 11) is 2.88. The van der Waals surface area contributed by atoms with Crippen molar-refractivity contribution in [3.8, 4) is 11.5 Å². The lowest BCUT2D eigenvalue weighted by molar-refractivity contribution is -0.384. The van der Waals surface area contributed by atoms with Crippen LogP contribution >= 0.6 is 0 Å². The van der Waals surface area contributed by atoms with Crippen molar-refractivity contribution in [1.82, 2.24) is 0 Å². The minimum atomic E-state index is -1.85. The van der Waals surface area contributed by atoms with Crippen LogP contribution in [0.1, 0.15) is 24.8 Å². The van der Waals surface area contributed by atoms with Gasteiger partial charge in [0, 0.05) is 24.5 Å². The number of nitrogens with one attached hydrogen (secondary N) is 2. The number of nitro groups is 1. The lowest BCUT2D eigenvalue weighted by atomic mass is 9.61. The second-order valence-electron chi connectivity index (χ2n) is 9.71. The van der Waals surface area contributed by atoms with E-state index in [2.05, 4.69) is 10.6 Å². The molecule has 0 bridgehead atoms. The molecule has 1 aliphatic carbocycles. The third-order valence-corrected chi connectivity index (χ3v) is 7.05. The minimum absolute atomic E-state index is 0.206. The molecule has 11 nitrogen and oxygen atoms in total. The van der Waals surface area contributed by atoms with Crippen LogP contribution in [-0.4, -0.2) is 47.4 Å². The summed E-state index contributed by atoms with van der Waals surface area (Å²) in [6.45, 7) is 1.37. The van der Waals surface area contributed by atoms with Gasteiger partial charge in [0.2, 0.25) is 11.8 Å². The third kappa shape index (κ3) is 5.64. The highest BCUT2D eigenvalue weighted by atomic mass is 16.6. The Morgan fingerprint density at radius 3 is 1.90 bits per heavy atom. The largest absolute Gasteiger partial charge is 0.495 e. The molecule has 0 radical (unpaired) electrons. The predicted molar refractivity (Wildman–Crippen MR) is 146 cm³/mol. The predicted octanol–water partition coefficient (Wildman–Crippen LogP) is 3.93. The van der Waals surface area contributed by atoms with Gasteiger partial charge in [-0.25, -0.2) is 0 Å². The van der Waals surface area contributed by atoms with Crippen LogP contribution in [0.25, 0.3) is 0 Å². The molecule has 0 heterocycles. The molecule has 3 N–H and O–H groups in total. The second kappa shape index (κ2) is 11.5. The van der Waals surface area contributed by atoms with E-state index in [0.29, 0.717) is 28.4 Å². The molecule has 4 rings (SSSR count). The lowest BCUT2D eigenvalue weighted by Gasteiger charge is -2.44. The van der Waals surface area contributed by atoms with Crippen molar-refractivity contribution >= 4 is 34.7 Å². The summed E-state index contributed by atoms with van der Waals surface area (Å²) in [5, 5.41) is 28.2. The highest BCUT2D eigenvalue weighted by Crippen LogP contribution is 2.47. The van der Waals surface area contributed by atoms with Gasteiger partial charge in [-0.1, -0.05) is 36.4 Å². The zero-order valence-corrected chi connectivity index (χ0v) is 22.1. The van der Waals surface area contributed by atoms with Crippen molar-refractivity contribution in [2.75, 3.05) is 24.9 Å². The number of carbonyl (C=O) groups is 3. The maximum absolute atomic E-state index is 13.8. The fraction of sp³-hybridized carbons (Fsp3) is 0.276. The van der Waals surface area contributed by atoms with Crippen LogP contribution < -0.4 is 20.1 Å². The number of anilines is 2. The number of benzene rings is 3. The molecule has 40 heavy (non-hydrogen) atoms. The molecule has 2 amide bonds. The number of para-hydroxylation sites is 4.